The second-order valence-corrected chi connectivity index (χ2v) is 6.85. The highest BCUT2D eigenvalue weighted by Gasteiger charge is 2.25. The molecule has 0 saturated heterocycles. The smallest absolute Gasteiger partial charge is 0.317 e. The van der Waals surface area contributed by atoms with Crippen molar-refractivity contribution in [2.24, 2.45) is 0 Å². The molecular formula is C20H24FN3O3. The molecule has 0 bridgehead atoms. The van der Waals surface area contributed by atoms with Gasteiger partial charge in [-0.25, -0.2) is 14.4 Å². The molecule has 0 radical (unpaired) electrons. The van der Waals surface area contributed by atoms with Crippen LogP contribution in [-0.4, -0.2) is 35.1 Å². The van der Waals surface area contributed by atoms with Crippen molar-refractivity contribution in [3.8, 4) is 11.8 Å². The molecule has 6 nitrogen and oxygen atoms in total. The van der Waals surface area contributed by atoms with Crippen molar-refractivity contribution in [1.29, 1.82) is 0 Å². The number of benzene rings is 1. The van der Waals surface area contributed by atoms with E-state index in [9.17, 15) is 9.18 Å². The van der Waals surface area contributed by atoms with Crippen LogP contribution in [0.2, 0.25) is 0 Å². The van der Waals surface area contributed by atoms with Gasteiger partial charge in [0.15, 0.2) is 11.6 Å². The quantitative estimate of drug-likeness (QED) is 0.870. The Morgan fingerprint density at radius 2 is 1.78 bits per heavy atom. The molecule has 7 heteroatoms. The normalized spacial score (nSPS) is 19.4. The van der Waals surface area contributed by atoms with Gasteiger partial charge < -0.3 is 14.8 Å². The predicted molar refractivity (Wildman–Crippen MR) is 98.6 cm³/mol. The van der Waals surface area contributed by atoms with Gasteiger partial charge in [-0.3, -0.25) is 4.79 Å². The van der Waals surface area contributed by atoms with E-state index in [1.807, 2.05) is 19.9 Å². The maximum Gasteiger partial charge on any atom is 0.317 e. The van der Waals surface area contributed by atoms with E-state index in [0.717, 1.165) is 37.1 Å². The molecule has 0 unspecified atom stereocenters. The van der Waals surface area contributed by atoms with Crippen molar-refractivity contribution in [2.75, 3.05) is 7.11 Å². The summed E-state index contributed by atoms with van der Waals surface area (Å²) in [6.45, 7) is 3.83. The molecule has 1 aromatic carbocycles. The summed E-state index contributed by atoms with van der Waals surface area (Å²) < 4.78 is 24.5. The summed E-state index contributed by atoms with van der Waals surface area (Å²) in [5.74, 6) is -0.702. The Morgan fingerprint density at radius 3 is 2.37 bits per heavy atom. The fourth-order valence-electron chi connectivity index (χ4n) is 3.30. The van der Waals surface area contributed by atoms with Crippen molar-refractivity contribution in [2.45, 2.75) is 51.7 Å². The number of hydrogen-bond acceptors (Lipinski definition) is 5. The van der Waals surface area contributed by atoms with Gasteiger partial charge >= 0.3 is 6.01 Å². The van der Waals surface area contributed by atoms with E-state index in [4.69, 9.17) is 9.47 Å². The lowest BCUT2D eigenvalue weighted by atomic mass is 9.92. The zero-order valence-electron chi connectivity index (χ0n) is 15.8. The maximum atomic E-state index is 13.8. The van der Waals surface area contributed by atoms with Crippen LogP contribution in [0, 0.1) is 19.7 Å². The topological polar surface area (TPSA) is 73.3 Å². The summed E-state index contributed by atoms with van der Waals surface area (Å²) in [7, 11) is 1.39. The van der Waals surface area contributed by atoms with Gasteiger partial charge in [-0.1, -0.05) is 0 Å². The molecule has 0 atom stereocenters. The SMILES string of the molecule is COc1ccc(C(=O)NC2CCC(Oc3nc(C)cc(C)n3)CC2)cc1F. The first kappa shape index (κ1) is 19.1. The minimum Gasteiger partial charge on any atom is -0.494 e. The molecule has 1 amide bonds. The van der Waals surface area contributed by atoms with Crippen LogP contribution in [0.25, 0.3) is 0 Å². The summed E-state index contributed by atoms with van der Waals surface area (Å²) in [5.41, 5.74) is 2.05. The van der Waals surface area contributed by atoms with E-state index >= 15 is 0 Å². The number of aromatic nitrogens is 2. The van der Waals surface area contributed by atoms with Crippen LogP contribution in [0.3, 0.4) is 0 Å². The van der Waals surface area contributed by atoms with Crippen molar-refractivity contribution in [3.05, 3.63) is 47.0 Å². The Morgan fingerprint density at radius 1 is 1.11 bits per heavy atom. The van der Waals surface area contributed by atoms with Crippen LogP contribution in [0.15, 0.2) is 24.3 Å². The van der Waals surface area contributed by atoms with Gasteiger partial charge in [0, 0.05) is 23.0 Å². The van der Waals surface area contributed by atoms with Crippen LogP contribution in [0.1, 0.15) is 47.4 Å². The fourth-order valence-corrected chi connectivity index (χ4v) is 3.30. The molecule has 0 aliphatic heterocycles. The van der Waals surface area contributed by atoms with Gasteiger partial charge in [0.05, 0.1) is 7.11 Å². The van der Waals surface area contributed by atoms with Crippen LogP contribution < -0.4 is 14.8 Å². The zero-order chi connectivity index (χ0) is 19.4. The first-order chi connectivity index (χ1) is 12.9. The van der Waals surface area contributed by atoms with E-state index in [0.29, 0.717) is 6.01 Å². The minimum atomic E-state index is -0.546. The number of halogens is 1. The van der Waals surface area contributed by atoms with Gasteiger partial charge in [0.2, 0.25) is 0 Å². The highest BCUT2D eigenvalue weighted by Crippen LogP contribution is 2.23. The Balaban J connectivity index is 1.51. The van der Waals surface area contributed by atoms with Crippen molar-refractivity contribution < 1.29 is 18.7 Å². The number of ether oxygens (including phenoxy) is 2. The average molecular weight is 373 g/mol. The molecule has 0 spiro atoms. The van der Waals surface area contributed by atoms with Crippen molar-refractivity contribution >= 4 is 5.91 Å². The third-order valence-electron chi connectivity index (χ3n) is 4.66. The number of nitrogens with one attached hydrogen (secondary N) is 1. The molecule has 3 rings (SSSR count). The van der Waals surface area contributed by atoms with Gasteiger partial charge in [0.1, 0.15) is 6.10 Å². The van der Waals surface area contributed by atoms with Crippen LogP contribution >= 0.6 is 0 Å². The molecule has 1 heterocycles. The molecule has 2 aromatic rings. The summed E-state index contributed by atoms with van der Waals surface area (Å²) in [5, 5.41) is 2.97. The Kier molecular flexibility index (Phi) is 5.88. The van der Waals surface area contributed by atoms with E-state index in [2.05, 4.69) is 15.3 Å². The van der Waals surface area contributed by atoms with Gasteiger partial charge in [-0.15, -0.1) is 0 Å². The zero-order valence-corrected chi connectivity index (χ0v) is 15.8. The predicted octanol–water partition coefficient (Wildman–Crippen LogP) is 3.36. The number of carbonyl (C=O) groups is 1. The largest absolute Gasteiger partial charge is 0.494 e. The molecule has 1 N–H and O–H groups in total. The molecule has 1 aromatic heterocycles. The molecule has 1 aliphatic carbocycles. The van der Waals surface area contributed by atoms with Gasteiger partial charge in [-0.05, 0) is 63.8 Å². The number of aryl methyl sites for hydroxylation is 2. The van der Waals surface area contributed by atoms with E-state index in [1.165, 1.54) is 19.2 Å². The lowest BCUT2D eigenvalue weighted by Crippen LogP contribution is -2.39. The van der Waals surface area contributed by atoms with E-state index < -0.39 is 5.82 Å². The summed E-state index contributed by atoms with van der Waals surface area (Å²) >= 11 is 0. The minimum absolute atomic E-state index is 0.0396. The summed E-state index contributed by atoms with van der Waals surface area (Å²) in [4.78, 5) is 21.0. The van der Waals surface area contributed by atoms with Crippen LogP contribution in [0.5, 0.6) is 11.8 Å². The van der Waals surface area contributed by atoms with Gasteiger partial charge in [0.25, 0.3) is 5.91 Å². The molecule has 1 aliphatic rings. The number of carbonyl (C=O) groups excluding carboxylic acids is 1. The second-order valence-electron chi connectivity index (χ2n) is 6.85. The van der Waals surface area contributed by atoms with Crippen molar-refractivity contribution in [3.63, 3.8) is 0 Å². The number of nitrogens with zero attached hydrogens (tertiary/aromatic N) is 2. The Labute approximate surface area is 158 Å². The maximum absolute atomic E-state index is 13.8. The summed E-state index contributed by atoms with van der Waals surface area (Å²) in [6, 6.07) is 6.57. The molecular weight excluding hydrogens is 349 g/mol. The first-order valence-corrected chi connectivity index (χ1v) is 9.08. The fraction of sp³-hybridized carbons (Fsp3) is 0.450. The van der Waals surface area contributed by atoms with Crippen LogP contribution in [-0.2, 0) is 0 Å². The second kappa shape index (κ2) is 8.33. The Bertz CT molecular complexity index is 800. The third kappa shape index (κ3) is 4.93. The van der Waals surface area contributed by atoms with Crippen molar-refractivity contribution in [1.82, 2.24) is 15.3 Å². The summed E-state index contributed by atoms with van der Waals surface area (Å²) in [6.07, 6.45) is 3.23. The number of hydrogen-bond donors (Lipinski definition) is 1. The standard InChI is InChI=1S/C20H24FN3O3/c1-12-10-13(2)23-20(22-12)27-16-7-5-15(6-8-16)24-19(25)14-4-9-18(26-3)17(21)11-14/h4,9-11,15-16H,5-8H2,1-3H3,(H,24,25). The van der Waals surface area contributed by atoms with E-state index in [-0.39, 0.29) is 29.4 Å². The van der Waals surface area contributed by atoms with Gasteiger partial charge in [-0.2, -0.15) is 0 Å². The monoisotopic (exact) mass is 373 g/mol. The highest BCUT2D eigenvalue weighted by atomic mass is 19.1. The molecule has 1 saturated carbocycles. The number of rotatable bonds is 5. The highest BCUT2D eigenvalue weighted by molar-refractivity contribution is 5.94. The first-order valence-electron chi connectivity index (χ1n) is 9.08. The molecule has 1 fully saturated rings. The lowest BCUT2D eigenvalue weighted by Gasteiger charge is -2.29. The third-order valence-corrected chi connectivity index (χ3v) is 4.66. The Hall–Kier alpha value is -2.70. The molecule has 144 valence electrons. The number of methoxy groups -OCH3 is 1. The average Bonchev–Trinajstić information content (AvgIpc) is 2.62. The lowest BCUT2D eigenvalue weighted by molar-refractivity contribution is 0.0884. The number of amides is 1. The molecule has 27 heavy (non-hydrogen) atoms. The van der Waals surface area contributed by atoms with E-state index in [1.54, 1.807) is 6.07 Å². The van der Waals surface area contributed by atoms with Crippen LogP contribution in [0.4, 0.5) is 4.39 Å².